The van der Waals surface area contributed by atoms with E-state index in [9.17, 15) is 18.0 Å². The van der Waals surface area contributed by atoms with E-state index in [1.165, 1.54) is 28.1 Å². The first-order valence-corrected chi connectivity index (χ1v) is 16.2. The number of piperazine rings is 1. The molecule has 0 unspecified atom stereocenters. The van der Waals surface area contributed by atoms with Crippen molar-refractivity contribution in [2.24, 2.45) is 5.92 Å². The van der Waals surface area contributed by atoms with Crippen molar-refractivity contribution in [3.8, 4) is 10.7 Å². The number of anilines is 1. The standard InChI is InChI=1S/C22H25ClN6O4S4/c23-21-25-19(27-36-21)16-6-7-18(35-16)37(32,33)28-9-10-29(17(30)13-28)15(12-14-4-2-1-3-5-14)20(31)26-22-24-8-11-34-22/h6-8,11,14-15H,1-5,9-10,12-13H2,(H,24,26,31)/t15-/m0/s1. The van der Waals surface area contributed by atoms with Crippen LogP contribution in [0.1, 0.15) is 38.5 Å². The molecule has 15 heteroatoms. The molecule has 0 bridgehead atoms. The number of amides is 2. The van der Waals surface area contributed by atoms with Crippen LogP contribution < -0.4 is 5.32 Å². The molecule has 1 aliphatic heterocycles. The Kier molecular flexibility index (Phi) is 8.22. The third-order valence-corrected chi connectivity index (χ3v) is 11.5. The van der Waals surface area contributed by atoms with Gasteiger partial charge in [0.1, 0.15) is 10.3 Å². The predicted octanol–water partition coefficient (Wildman–Crippen LogP) is 4.19. The van der Waals surface area contributed by atoms with Gasteiger partial charge in [0.15, 0.2) is 11.0 Å². The lowest BCUT2D eigenvalue weighted by Crippen LogP contribution is -2.58. The van der Waals surface area contributed by atoms with Crippen molar-refractivity contribution in [1.82, 2.24) is 23.5 Å². The minimum Gasteiger partial charge on any atom is -0.328 e. The zero-order valence-corrected chi connectivity index (χ0v) is 23.7. The third kappa shape index (κ3) is 6.04. The Morgan fingerprint density at radius 2 is 2.03 bits per heavy atom. The van der Waals surface area contributed by atoms with Gasteiger partial charge < -0.3 is 10.2 Å². The molecule has 198 valence electrons. The van der Waals surface area contributed by atoms with Gasteiger partial charge in [-0.2, -0.15) is 8.68 Å². The molecule has 2 fully saturated rings. The van der Waals surface area contributed by atoms with E-state index in [0.29, 0.717) is 28.2 Å². The molecule has 1 aliphatic carbocycles. The van der Waals surface area contributed by atoms with Crippen molar-refractivity contribution in [2.75, 3.05) is 25.0 Å². The molecule has 2 aliphatic rings. The van der Waals surface area contributed by atoms with Gasteiger partial charge in [-0.3, -0.25) is 9.59 Å². The number of hydrogen-bond acceptors (Lipinski definition) is 10. The zero-order valence-electron chi connectivity index (χ0n) is 19.7. The van der Waals surface area contributed by atoms with Gasteiger partial charge in [0.25, 0.3) is 10.0 Å². The number of thiazole rings is 1. The maximum atomic E-state index is 13.3. The second-order valence-corrected chi connectivity index (χ2v) is 14.5. The van der Waals surface area contributed by atoms with E-state index < -0.39 is 16.1 Å². The number of nitrogens with one attached hydrogen (secondary N) is 1. The monoisotopic (exact) mass is 600 g/mol. The van der Waals surface area contributed by atoms with Crippen molar-refractivity contribution in [3.63, 3.8) is 0 Å². The number of thiophene rings is 1. The van der Waals surface area contributed by atoms with Crippen LogP contribution in [0.2, 0.25) is 4.47 Å². The van der Waals surface area contributed by atoms with Gasteiger partial charge in [0, 0.05) is 24.7 Å². The average molecular weight is 601 g/mol. The first-order chi connectivity index (χ1) is 17.8. The van der Waals surface area contributed by atoms with Crippen molar-refractivity contribution in [3.05, 3.63) is 28.2 Å². The number of rotatable bonds is 8. The topological polar surface area (TPSA) is 125 Å². The van der Waals surface area contributed by atoms with E-state index in [0.717, 1.165) is 48.6 Å². The van der Waals surface area contributed by atoms with E-state index in [4.69, 9.17) is 11.6 Å². The number of halogens is 1. The van der Waals surface area contributed by atoms with E-state index in [1.54, 1.807) is 22.5 Å². The lowest BCUT2D eigenvalue weighted by Gasteiger charge is -2.39. The number of aromatic nitrogens is 3. The van der Waals surface area contributed by atoms with E-state index in [1.807, 2.05) is 0 Å². The van der Waals surface area contributed by atoms with Crippen LogP contribution in [0.15, 0.2) is 27.9 Å². The minimum atomic E-state index is -3.90. The molecule has 1 saturated carbocycles. The summed E-state index contributed by atoms with van der Waals surface area (Å²) >= 11 is 9.24. The Bertz CT molecular complexity index is 1350. The van der Waals surface area contributed by atoms with Crippen molar-refractivity contribution in [2.45, 2.75) is 48.8 Å². The quantitative estimate of drug-likeness (QED) is 0.411. The molecular weight excluding hydrogens is 576 g/mol. The Hall–Kier alpha value is -1.97. The second kappa shape index (κ2) is 11.4. The summed E-state index contributed by atoms with van der Waals surface area (Å²) in [5, 5.41) is 5.10. The molecule has 1 N–H and O–H groups in total. The van der Waals surface area contributed by atoms with E-state index in [-0.39, 0.29) is 40.1 Å². The highest BCUT2D eigenvalue weighted by Crippen LogP contribution is 2.34. The fourth-order valence-corrected chi connectivity index (χ4v) is 8.78. The van der Waals surface area contributed by atoms with Gasteiger partial charge in [-0.15, -0.1) is 22.7 Å². The highest BCUT2D eigenvalue weighted by Gasteiger charge is 2.39. The van der Waals surface area contributed by atoms with Gasteiger partial charge in [-0.05, 0) is 47.6 Å². The summed E-state index contributed by atoms with van der Waals surface area (Å²) in [4.78, 5) is 36.9. The Morgan fingerprint density at radius 3 is 2.70 bits per heavy atom. The minimum absolute atomic E-state index is 0.105. The smallest absolute Gasteiger partial charge is 0.253 e. The first kappa shape index (κ1) is 26.6. The molecule has 0 spiro atoms. The summed E-state index contributed by atoms with van der Waals surface area (Å²) in [5.41, 5.74) is 0. The predicted molar refractivity (Wildman–Crippen MR) is 144 cm³/mol. The maximum Gasteiger partial charge on any atom is 0.253 e. The number of nitrogens with zero attached hydrogens (tertiary/aromatic N) is 5. The number of sulfonamides is 1. The fraction of sp³-hybridized carbons (Fsp3) is 0.500. The van der Waals surface area contributed by atoms with Gasteiger partial charge in [-0.25, -0.2) is 18.4 Å². The Balaban J connectivity index is 1.30. The summed E-state index contributed by atoms with van der Waals surface area (Å²) in [6.45, 7) is -0.0714. The van der Waals surface area contributed by atoms with Crippen LogP contribution in [0.3, 0.4) is 0 Å². The molecule has 1 saturated heterocycles. The molecule has 1 atom stereocenters. The maximum absolute atomic E-state index is 13.3. The molecule has 0 radical (unpaired) electrons. The van der Waals surface area contributed by atoms with Gasteiger partial charge >= 0.3 is 0 Å². The molecule has 2 amide bonds. The Labute approximate surface area is 231 Å². The van der Waals surface area contributed by atoms with Crippen LogP contribution in [-0.4, -0.2) is 69.5 Å². The first-order valence-electron chi connectivity index (χ1n) is 11.9. The lowest BCUT2D eigenvalue weighted by atomic mass is 9.84. The molecule has 3 aromatic heterocycles. The summed E-state index contributed by atoms with van der Waals surface area (Å²) in [5.74, 6) is 0.0732. The van der Waals surface area contributed by atoms with Crippen molar-refractivity contribution < 1.29 is 18.0 Å². The van der Waals surface area contributed by atoms with Gasteiger partial charge in [0.2, 0.25) is 16.3 Å². The number of carbonyl (C=O) groups excluding carboxylic acids is 2. The van der Waals surface area contributed by atoms with Crippen LogP contribution >= 0.6 is 45.8 Å². The van der Waals surface area contributed by atoms with Crippen molar-refractivity contribution in [1.29, 1.82) is 0 Å². The van der Waals surface area contributed by atoms with Crippen molar-refractivity contribution >= 4 is 72.8 Å². The zero-order chi connectivity index (χ0) is 26.0. The van der Waals surface area contributed by atoms with Gasteiger partial charge in [0.05, 0.1) is 11.4 Å². The summed E-state index contributed by atoms with van der Waals surface area (Å²) < 4.78 is 32.4. The summed E-state index contributed by atoms with van der Waals surface area (Å²) in [6, 6.07) is 2.46. The van der Waals surface area contributed by atoms with Gasteiger partial charge in [-0.1, -0.05) is 32.1 Å². The van der Waals surface area contributed by atoms with Crippen LogP contribution in [0.4, 0.5) is 5.13 Å². The molecule has 0 aromatic carbocycles. The van der Waals surface area contributed by atoms with E-state index in [2.05, 4.69) is 19.7 Å². The normalized spacial score (nSPS) is 18.7. The highest BCUT2D eigenvalue weighted by atomic mass is 35.5. The van der Waals surface area contributed by atoms with Crippen LogP contribution in [0.25, 0.3) is 10.7 Å². The highest BCUT2D eigenvalue weighted by molar-refractivity contribution is 7.91. The summed E-state index contributed by atoms with van der Waals surface area (Å²) in [7, 11) is -3.90. The number of carbonyl (C=O) groups is 2. The van der Waals surface area contributed by atoms with Crippen LogP contribution in [-0.2, 0) is 19.6 Å². The third-order valence-electron chi connectivity index (χ3n) is 6.64. The molecule has 37 heavy (non-hydrogen) atoms. The van der Waals surface area contributed by atoms with Crippen LogP contribution in [0, 0.1) is 5.92 Å². The molecule has 4 heterocycles. The fourth-order valence-electron chi connectivity index (χ4n) is 4.80. The average Bonchev–Trinajstić information content (AvgIpc) is 3.66. The molecular formula is C22H25ClN6O4S4. The SMILES string of the molecule is O=C(Nc1nccs1)[C@H](CC1CCCCC1)N1CCN(S(=O)(=O)c2ccc(-c3nsc(Cl)n3)s2)CC1=O. The molecule has 3 aromatic rings. The number of hydrogen-bond donors (Lipinski definition) is 1. The lowest BCUT2D eigenvalue weighted by molar-refractivity contribution is -0.142. The second-order valence-electron chi connectivity index (χ2n) is 9.00. The Morgan fingerprint density at radius 1 is 1.22 bits per heavy atom. The molecule has 5 rings (SSSR count). The van der Waals surface area contributed by atoms with E-state index >= 15 is 0 Å². The van der Waals surface area contributed by atoms with Crippen LogP contribution in [0.5, 0.6) is 0 Å². The summed E-state index contributed by atoms with van der Waals surface area (Å²) in [6.07, 6.45) is 7.67. The molecule has 10 nitrogen and oxygen atoms in total. The largest absolute Gasteiger partial charge is 0.328 e.